The number of nitrogens with one attached hydrogen (secondary N) is 2. The van der Waals surface area contributed by atoms with Crippen LogP contribution in [0.3, 0.4) is 0 Å². The first-order valence-electron chi connectivity index (χ1n) is 13.4. The average molecular weight is 500 g/mol. The normalized spacial score (nSPS) is 32.7. The van der Waals surface area contributed by atoms with Crippen molar-refractivity contribution in [2.75, 3.05) is 13.2 Å². The Kier molecular flexibility index (Phi) is 7.76. The molecule has 1 aromatic rings. The molecule has 0 aliphatic carbocycles. The van der Waals surface area contributed by atoms with E-state index in [-0.39, 0.29) is 36.3 Å². The summed E-state index contributed by atoms with van der Waals surface area (Å²) in [4.78, 5) is 42.9. The summed E-state index contributed by atoms with van der Waals surface area (Å²) in [5, 5.41) is 15.1. The zero-order chi connectivity index (χ0) is 26.1. The zero-order valence-corrected chi connectivity index (χ0v) is 22.0. The van der Waals surface area contributed by atoms with Crippen molar-refractivity contribution < 1.29 is 24.2 Å². The van der Waals surface area contributed by atoms with Gasteiger partial charge in [-0.05, 0) is 51.5 Å². The Morgan fingerprint density at radius 1 is 1.14 bits per heavy atom. The van der Waals surface area contributed by atoms with Gasteiger partial charge >= 0.3 is 0 Å². The van der Waals surface area contributed by atoms with Crippen LogP contribution in [-0.4, -0.2) is 64.2 Å². The monoisotopic (exact) mass is 499 g/mol. The highest BCUT2D eigenvalue weighted by atomic mass is 16.5. The van der Waals surface area contributed by atoms with Crippen molar-refractivity contribution in [2.24, 2.45) is 17.8 Å². The quantitative estimate of drug-likeness (QED) is 0.405. The van der Waals surface area contributed by atoms with Gasteiger partial charge in [0, 0.05) is 25.7 Å². The van der Waals surface area contributed by atoms with Gasteiger partial charge in [-0.2, -0.15) is 0 Å². The first-order valence-corrected chi connectivity index (χ1v) is 13.4. The van der Waals surface area contributed by atoms with E-state index >= 15 is 0 Å². The molecular formula is C28H41N3O5. The molecule has 3 fully saturated rings. The zero-order valence-electron chi connectivity index (χ0n) is 22.0. The lowest BCUT2D eigenvalue weighted by Crippen LogP contribution is -2.56. The molecule has 0 saturated carbocycles. The van der Waals surface area contributed by atoms with Crippen molar-refractivity contribution in [3.05, 3.63) is 35.9 Å². The number of aliphatic hydroxyl groups is 1. The second kappa shape index (κ2) is 10.5. The van der Waals surface area contributed by atoms with Crippen LogP contribution in [0.4, 0.5) is 0 Å². The number of carbonyl (C=O) groups is 3. The van der Waals surface area contributed by atoms with Crippen LogP contribution in [0.25, 0.3) is 0 Å². The summed E-state index contributed by atoms with van der Waals surface area (Å²) in [6.07, 6.45) is 3.75. The number of fused-ring (bicyclic) bond motifs is 1. The minimum absolute atomic E-state index is 0.0212. The SMILES string of the molecule is CC(C)NC(=O)C1N(CCCCCCO)C(=O)[C@@H]2[C@@H](C(=O)NCc3ccccc3)[C@]3(C)OC12CC3C. The number of likely N-dealkylation sites (tertiary alicyclic amines) is 1. The van der Waals surface area contributed by atoms with Gasteiger partial charge in [-0.3, -0.25) is 14.4 Å². The van der Waals surface area contributed by atoms with Crippen molar-refractivity contribution in [3.8, 4) is 0 Å². The molecule has 3 amide bonds. The molecule has 3 heterocycles. The van der Waals surface area contributed by atoms with Crippen LogP contribution in [0.15, 0.2) is 30.3 Å². The van der Waals surface area contributed by atoms with Crippen LogP contribution in [0.2, 0.25) is 0 Å². The predicted octanol–water partition coefficient (Wildman–Crippen LogP) is 2.39. The Morgan fingerprint density at radius 3 is 2.50 bits per heavy atom. The number of hydrogen-bond acceptors (Lipinski definition) is 5. The van der Waals surface area contributed by atoms with Crippen molar-refractivity contribution >= 4 is 17.7 Å². The standard InChI is InChI=1S/C28H41N3O5/c1-18(2)30-25(34)23-28-16-19(3)27(4,36-28)21(24(33)29-17-20-12-8-7-9-13-20)22(28)26(35)31(23)14-10-5-6-11-15-32/h7-9,12-13,18-19,21-23,32H,5-6,10-11,14-17H2,1-4H3,(H,29,33)(H,30,34)/t19?,21-,22-,23?,27+,28?/m0/s1. The Labute approximate surface area is 214 Å². The fourth-order valence-corrected chi connectivity index (χ4v) is 6.69. The summed E-state index contributed by atoms with van der Waals surface area (Å²) in [6, 6.07) is 8.86. The smallest absolute Gasteiger partial charge is 0.246 e. The average Bonchev–Trinajstić information content (AvgIpc) is 3.34. The van der Waals surface area contributed by atoms with Crippen molar-refractivity contribution in [2.45, 2.75) is 89.6 Å². The second-order valence-electron chi connectivity index (χ2n) is 11.2. The summed E-state index contributed by atoms with van der Waals surface area (Å²) in [5.74, 6) is -1.88. The highest BCUT2D eigenvalue weighted by molar-refractivity contribution is 5.99. The highest BCUT2D eigenvalue weighted by Crippen LogP contribution is 2.65. The number of carbonyl (C=O) groups excluding carboxylic acids is 3. The van der Waals surface area contributed by atoms with E-state index in [1.54, 1.807) is 4.90 Å². The van der Waals surface area contributed by atoms with Gasteiger partial charge in [-0.25, -0.2) is 0 Å². The third kappa shape index (κ3) is 4.54. The summed E-state index contributed by atoms with van der Waals surface area (Å²) < 4.78 is 6.71. The third-order valence-corrected chi connectivity index (χ3v) is 8.39. The van der Waals surface area contributed by atoms with Crippen LogP contribution in [-0.2, 0) is 25.7 Å². The topological polar surface area (TPSA) is 108 Å². The molecule has 0 aromatic heterocycles. The van der Waals surface area contributed by atoms with E-state index in [9.17, 15) is 14.4 Å². The first-order chi connectivity index (χ1) is 17.2. The van der Waals surface area contributed by atoms with Gasteiger partial charge < -0.3 is 25.4 Å². The Balaban J connectivity index is 1.62. The molecule has 6 atom stereocenters. The van der Waals surface area contributed by atoms with Gasteiger partial charge in [0.25, 0.3) is 0 Å². The van der Waals surface area contributed by atoms with Crippen LogP contribution in [0, 0.1) is 17.8 Å². The molecule has 3 unspecified atom stereocenters. The molecule has 3 aliphatic heterocycles. The maximum absolute atomic E-state index is 14.0. The number of benzene rings is 1. The van der Waals surface area contributed by atoms with Crippen molar-refractivity contribution in [3.63, 3.8) is 0 Å². The number of aliphatic hydroxyl groups excluding tert-OH is 1. The van der Waals surface area contributed by atoms with E-state index in [4.69, 9.17) is 9.84 Å². The largest absolute Gasteiger partial charge is 0.396 e. The fourth-order valence-electron chi connectivity index (χ4n) is 6.69. The highest BCUT2D eigenvalue weighted by Gasteiger charge is 2.79. The Morgan fingerprint density at radius 2 is 1.83 bits per heavy atom. The van der Waals surface area contributed by atoms with Crippen LogP contribution < -0.4 is 10.6 Å². The number of ether oxygens (including phenoxy) is 1. The molecule has 198 valence electrons. The van der Waals surface area contributed by atoms with Crippen LogP contribution in [0.1, 0.15) is 65.4 Å². The lowest BCUT2D eigenvalue weighted by Gasteiger charge is -2.36. The third-order valence-electron chi connectivity index (χ3n) is 8.39. The number of hydrogen-bond donors (Lipinski definition) is 3. The van der Waals surface area contributed by atoms with Gasteiger partial charge in [0.1, 0.15) is 11.6 Å². The van der Waals surface area contributed by atoms with Crippen LogP contribution >= 0.6 is 0 Å². The molecule has 0 radical (unpaired) electrons. The van der Waals surface area contributed by atoms with E-state index in [1.807, 2.05) is 51.1 Å². The van der Waals surface area contributed by atoms with Gasteiger partial charge in [0.05, 0.1) is 17.4 Å². The van der Waals surface area contributed by atoms with Crippen LogP contribution in [0.5, 0.6) is 0 Å². The van der Waals surface area contributed by atoms with Gasteiger partial charge in [0.2, 0.25) is 17.7 Å². The maximum atomic E-state index is 14.0. The van der Waals surface area contributed by atoms with Gasteiger partial charge in [-0.1, -0.05) is 50.1 Å². The Bertz CT molecular complexity index is 969. The van der Waals surface area contributed by atoms with Gasteiger partial charge in [0.15, 0.2) is 0 Å². The molecule has 3 N–H and O–H groups in total. The molecule has 1 aromatic carbocycles. The second-order valence-corrected chi connectivity index (χ2v) is 11.2. The molecule has 3 saturated heterocycles. The summed E-state index contributed by atoms with van der Waals surface area (Å²) >= 11 is 0. The summed E-state index contributed by atoms with van der Waals surface area (Å²) in [6.45, 7) is 8.76. The molecule has 2 bridgehead atoms. The lowest BCUT2D eigenvalue weighted by atomic mass is 9.62. The number of unbranched alkanes of at least 4 members (excludes halogenated alkanes) is 3. The lowest BCUT2D eigenvalue weighted by molar-refractivity contribution is -0.147. The number of nitrogens with zero attached hydrogens (tertiary/aromatic N) is 1. The van der Waals surface area contributed by atoms with Crippen molar-refractivity contribution in [1.82, 2.24) is 15.5 Å². The van der Waals surface area contributed by atoms with Gasteiger partial charge in [-0.15, -0.1) is 0 Å². The molecule has 8 nitrogen and oxygen atoms in total. The minimum Gasteiger partial charge on any atom is -0.396 e. The molecule has 8 heteroatoms. The molecular weight excluding hydrogens is 458 g/mol. The fraction of sp³-hybridized carbons (Fsp3) is 0.679. The summed E-state index contributed by atoms with van der Waals surface area (Å²) in [7, 11) is 0. The van der Waals surface area contributed by atoms with E-state index in [0.29, 0.717) is 19.5 Å². The predicted molar refractivity (Wildman–Crippen MR) is 136 cm³/mol. The maximum Gasteiger partial charge on any atom is 0.246 e. The molecule has 4 rings (SSSR count). The molecule has 3 aliphatic rings. The molecule has 36 heavy (non-hydrogen) atoms. The first kappa shape index (κ1) is 26.6. The number of rotatable bonds is 11. The Hall–Kier alpha value is -2.45. The van der Waals surface area contributed by atoms with E-state index in [1.165, 1.54) is 0 Å². The number of amides is 3. The summed E-state index contributed by atoms with van der Waals surface area (Å²) in [5.41, 5.74) is -0.839. The van der Waals surface area contributed by atoms with Crippen molar-refractivity contribution in [1.29, 1.82) is 0 Å². The van der Waals surface area contributed by atoms with E-state index in [0.717, 1.165) is 31.2 Å². The van der Waals surface area contributed by atoms with E-state index in [2.05, 4.69) is 17.6 Å². The van der Waals surface area contributed by atoms with E-state index < -0.39 is 29.1 Å². The minimum atomic E-state index is -1.01. The molecule has 1 spiro atoms.